The maximum atomic E-state index is 14.1. The highest BCUT2D eigenvalue weighted by Gasteiger charge is 2.20. The molecule has 1 heterocycles. The molecule has 0 bridgehead atoms. The van der Waals surface area contributed by atoms with Gasteiger partial charge in [0.2, 0.25) is 0 Å². The first-order valence-corrected chi connectivity index (χ1v) is 8.57. The van der Waals surface area contributed by atoms with Gasteiger partial charge in [0.25, 0.3) is 0 Å². The number of aryl methyl sites for hydroxylation is 1. The van der Waals surface area contributed by atoms with E-state index in [0.29, 0.717) is 12.0 Å². The Hall–Kier alpha value is -0.610. The summed E-state index contributed by atoms with van der Waals surface area (Å²) in [5.74, 6) is -0.341. The van der Waals surface area contributed by atoms with E-state index in [9.17, 15) is 4.39 Å². The summed E-state index contributed by atoms with van der Waals surface area (Å²) >= 11 is 13.8. The highest BCUT2D eigenvalue weighted by Crippen LogP contribution is 2.34. The molecule has 2 rings (SSSR count). The van der Waals surface area contributed by atoms with Crippen LogP contribution in [0.25, 0.3) is 0 Å². The van der Waals surface area contributed by atoms with Crippen LogP contribution in [0.15, 0.2) is 23.6 Å². The van der Waals surface area contributed by atoms with Crippen molar-refractivity contribution in [2.24, 2.45) is 0 Å². The van der Waals surface area contributed by atoms with Gasteiger partial charge < -0.3 is 5.32 Å². The standard InChI is InChI=1S/C16H18Cl2FNS/c1-3-7-20-13(16-14(18)10(2)9-21-16)8-11-5-4-6-12(17)15(11)19/h4-6,9,13,20H,3,7-8H2,1-2H3. The lowest BCUT2D eigenvalue weighted by atomic mass is 10.0. The van der Waals surface area contributed by atoms with Gasteiger partial charge in [-0.15, -0.1) is 11.3 Å². The summed E-state index contributed by atoms with van der Waals surface area (Å²) in [5, 5.41) is 6.42. The third kappa shape index (κ3) is 3.98. The predicted octanol–water partition coefficient (Wildman–Crippen LogP) is 5.79. The summed E-state index contributed by atoms with van der Waals surface area (Å²) < 4.78 is 14.1. The second-order valence-electron chi connectivity index (χ2n) is 5.02. The third-order valence-corrected chi connectivity index (χ3v) is 5.46. The molecule has 1 N–H and O–H groups in total. The van der Waals surface area contributed by atoms with Crippen LogP contribution in [0.5, 0.6) is 0 Å². The van der Waals surface area contributed by atoms with E-state index in [0.717, 1.165) is 28.4 Å². The molecule has 1 unspecified atom stereocenters. The van der Waals surface area contributed by atoms with Gasteiger partial charge in [0.15, 0.2) is 0 Å². The van der Waals surface area contributed by atoms with E-state index in [1.54, 1.807) is 29.5 Å². The number of halogens is 3. The van der Waals surface area contributed by atoms with E-state index >= 15 is 0 Å². The molecule has 2 aromatic rings. The van der Waals surface area contributed by atoms with Crippen molar-refractivity contribution in [1.29, 1.82) is 0 Å². The van der Waals surface area contributed by atoms with Crippen LogP contribution < -0.4 is 5.32 Å². The maximum Gasteiger partial charge on any atom is 0.145 e. The average molecular weight is 346 g/mol. The number of rotatable bonds is 6. The number of hydrogen-bond donors (Lipinski definition) is 1. The molecule has 5 heteroatoms. The topological polar surface area (TPSA) is 12.0 Å². The first-order valence-electron chi connectivity index (χ1n) is 6.94. The Balaban J connectivity index is 2.28. The lowest BCUT2D eigenvalue weighted by molar-refractivity contribution is 0.519. The number of nitrogens with one attached hydrogen (secondary N) is 1. The highest BCUT2D eigenvalue weighted by molar-refractivity contribution is 7.10. The van der Waals surface area contributed by atoms with Gasteiger partial charge in [-0.1, -0.05) is 42.3 Å². The van der Waals surface area contributed by atoms with Crippen molar-refractivity contribution in [3.63, 3.8) is 0 Å². The Kier molecular flexibility index (Phi) is 6.06. The first kappa shape index (κ1) is 16.8. The van der Waals surface area contributed by atoms with Crippen LogP contribution in [0.4, 0.5) is 4.39 Å². The van der Waals surface area contributed by atoms with Crippen molar-refractivity contribution in [3.8, 4) is 0 Å². The minimum absolute atomic E-state index is 0.00381. The Labute approximate surface area is 139 Å². The summed E-state index contributed by atoms with van der Waals surface area (Å²) in [7, 11) is 0. The van der Waals surface area contributed by atoms with Crippen molar-refractivity contribution >= 4 is 34.5 Å². The van der Waals surface area contributed by atoms with Crippen molar-refractivity contribution < 1.29 is 4.39 Å². The smallest absolute Gasteiger partial charge is 0.145 e. The van der Waals surface area contributed by atoms with Crippen molar-refractivity contribution in [2.45, 2.75) is 32.7 Å². The molecule has 1 atom stereocenters. The fourth-order valence-electron chi connectivity index (χ4n) is 2.19. The normalized spacial score (nSPS) is 12.6. The van der Waals surface area contributed by atoms with Gasteiger partial charge in [-0.3, -0.25) is 0 Å². The molecule has 0 aliphatic rings. The molecule has 0 aliphatic carbocycles. The van der Waals surface area contributed by atoms with Crippen LogP contribution in [-0.2, 0) is 6.42 Å². The van der Waals surface area contributed by atoms with E-state index in [1.165, 1.54) is 0 Å². The largest absolute Gasteiger partial charge is 0.309 e. The van der Waals surface area contributed by atoms with Crippen LogP contribution in [0.2, 0.25) is 10.0 Å². The molecule has 0 saturated carbocycles. The quantitative estimate of drug-likeness (QED) is 0.698. The zero-order chi connectivity index (χ0) is 15.4. The molecule has 0 aliphatic heterocycles. The molecule has 114 valence electrons. The Bertz CT molecular complexity index is 612. The SMILES string of the molecule is CCCNC(Cc1cccc(Cl)c1F)c1scc(C)c1Cl. The molecule has 1 nitrogen and oxygen atoms in total. The summed E-state index contributed by atoms with van der Waals surface area (Å²) in [6.07, 6.45) is 1.54. The highest BCUT2D eigenvalue weighted by atomic mass is 35.5. The van der Waals surface area contributed by atoms with Gasteiger partial charge in [-0.05, 0) is 48.9 Å². The lowest BCUT2D eigenvalue weighted by Gasteiger charge is -2.18. The van der Waals surface area contributed by atoms with E-state index in [4.69, 9.17) is 23.2 Å². The van der Waals surface area contributed by atoms with Crippen LogP contribution in [-0.4, -0.2) is 6.54 Å². The van der Waals surface area contributed by atoms with Crippen molar-refractivity contribution in [2.75, 3.05) is 6.54 Å². The van der Waals surface area contributed by atoms with Gasteiger partial charge in [0, 0.05) is 10.9 Å². The van der Waals surface area contributed by atoms with E-state index < -0.39 is 0 Å². The van der Waals surface area contributed by atoms with Gasteiger partial charge in [0.05, 0.1) is 10.0 Å². The second-order valence-corrected chi connectivity index (χ2v) is 6.72. The van der Waals surface area contributed by atoms with Gasteiger partial charge >= 0.3 is 0 Å². The molecule has 0 saturated heterocycles. The van der Waals surface area contributed by atoms with Crippen LogP contribution >= 0.6 is 34.5 Å². The fraction of sp³-hybridized carbons (Fsp3) is 0.375. The molecular weight excluding hydrogens is 328 g/mol. The summed E-state index contributed by atoms with van der Waals surface area (Å²) in [6.45, 7) is 4.95. The minimum Gasteiger partial charge on any atom is -0.309 e. The van der Waals surface area contributed by atoms with Crippen LogP contribution in [0.3, 0.4) is 0 Å². The summed E-state index contributed by atoms with van der Waals surface area (Å²) in [4.78, 5) is 1.06. The minimum atomic E-state index is -0.341. The first-order chi connectivity index (χ1) is 10.0. The molecule has 0 spiro atoms. The molecule has 0 amide bonds. The zero-order valence-corrected chi connectivity index (χ0v) is 14.4. The number of thiophene rings is 1. The molecule has 0 fully saturated rings. The zero-order valence-electron chi connectivity index (χ0n) is 12.1. The monoisotopic (exact) mass is 345 g/mol. The van der Waals surface area contributed by atoms with E-state index in [2.05, 4.69) is 12.2 Å². The van der Waals surface area contributed by atoms with Gasteiger partial charge in [-0.2, -0.15) is 0 Å². The van der Waals surface area contributed by atoms with Gasteiger partial charge in [0.1, 0.15) is 5.82 Å². The van der Waals surface area contributed by atoms with Crippen molar-refractivity contribution in [1.82, 2.24) is 5.32 Å². The molecule has 0 radical (unpaired) electrons. The maximum absolute atomic E-state index is 14.1. The average Bonchev–Trinajstić information content (AvgIpc) is 2.80. The van der Waals surface area contributed by atoms with Gasteiger partial charge in [-0.25, -0.2) is 4.39 Å². The van der Waals surface area contributed by atoms with Crippen LogP contribution in [0.1, 0.15) is 35.4 Å². The molecule has 1 aromatic carbocycles. The van der Waals surface area contributed by atoms with E-state index in [1.807, 2.05) is 12.3 Å². The number of benzene rings is 1. The molecule has 21 heavy (non-hydrogen) atoms. The third-order valence-electron chi connectivity index (χ3n) is 3.34. The number of hydrogen-bond acceptors (Lipinski definition) is 2. The van der Waals surface area contributed by atoms with Crippen LogP contribution in [0, 0.1) is 12.7 Å². The Morgan fingerprint density at radius 3 is 2.71 bits per heavy atom. The molecular formula is C16H18Cl2FNS. The summed E-state index contributed by atoms with van der Waals surface area (Å²) in [5.41, 5.74) is 1.67. The Morgan fingerprint density at radius 1 is 1.33 bits per heavy atom. The second kappa shape index (κ2) is 7.59. The predicted molar refractivity (Wildman–Crippen MR) is 90.2 cm³/mol. The Morgan fingerprint density at radius 2 is 2.10 bits per heavy atom. The molecule has 1 aromatic heterocycles. The fourth-order valence-corrected chi connectivity index (χ4v) is 3.78. The van der Waals surface area contributed by atoms with Crippen molar-refractivity contribution in [3.05, 3.63) is 55.4 Å². The lowest BCUT2D eigenvalue weighted by Crippen LogP contribution is -2.24. The van der Waals surface area contributed by atoms with E-state index in [-0.39, 0.29) is 16.9 Å². The summed E-state index contributed by atoms with van der Waals surface area (Å²) in [6, 6.07) is 5.12.